The Hall–Kier alpha value is -1.10. The fraction of sp³-hybridized carbons (Fsp3) is 0.500. The van der Waals surface area contributed by atoms with Gasteiger partial charge in [-0.25, -0.2) is 0 Å². The lowest BCUT2D eigenvalue weighted by Gasteiger charge is -2.28. The molecule has 0 radical (unpaired) electrons. The van der Waals surface area contributed by atoms with Crippen molar-refractivity contribution < 1.29 is 14.4 Å². The van der Waals surface area contributed by atoms with Crippen molar-refractivity contribution in [2.45, 2.75) is 0 Å². The molecule has 1 rings (SSSR count). The quantitative estimate of drug-likeness (QED) is 0.298. The van der Waals surface area contributed by atoms with E-state index in [4.69, 9.17) is 11.6 Å². The van der Waals surface area contributed by atoms with Gasteiger partial charge in [-0.2, -0.15) is 0 Å². The van der Waals surface area contributed by atoms with Gasteiger partial charge in [0.1, 0.15) is 0 Å². The Labute approximate surface area is 73.9 Å². The maximum absolute atomic E-state index is 11.0. The molecule has 12 heavy (non-hydrogen) atoms. The molecule has 6 heteroatoms. The number of hydrogen-bond acceptors (Lipinski definition) is 3. The van der Waals surface area contributed by atoms with Gasteiger partial charge in [0.15, 0.2) is 0 Å². The lowest BCUT2D eigenvalue weighted by Crippen LogP contribution is -2.53. The minimum atomic E-state index is -0.901. The lowest BCUT2D eigenvalue weighted by atomic mass is 10.3. The molecule has 0 aromatic rings. The third-order valence-corrected chi connectivity index (χ3v) is 1.85. The minimum Gasteiger partial charge on any atom is -0.336 e. The first-order chi connectivity index (χ1) is 5.54. The van der Waals surface area contributed by atoms with E-state index in [0.717, 1.165) is 4.90 Å². The van der Waals surface area contributed by atoms with Crippen molar-refractivity contribution >= 4 is 28.8 Å². The van der Waals surface area contributed by atoms with Crippen molar-refractivity contribution in [2.75, 3.05) is 20.1 Å². The second-order valence-electron chi connectivity index (χ2n) is 2.44. The smallest absolute Gasteiger partial charge is 0.323 e. The second kappa shape index (κ2) is 3.10. The number of imide groups is 1. The molecule has 66 valence electrons. The predicted octanol–water partition coefficient (Wildman–Crippen LogP) is -0.354. The van der Waals surface area contributed by atoms with E-state index in [2.05, 4.69) is 0 Å². The molecule has 0 N–H and O–H groups in total. The highest BCUT2D eigenvalue weighted by atomic mass is 35.5. The number of hydrogen-bond donors (Lipinski definition) is 0. The normalized spacial score (nSPS) is 18.5. The van der Waals surface area contributed by atoms with Gasteiger partial charge in [-0.05, 0) is 11.6 Å². The maximum atomic E-state index is 11.0. The summed E-state index contributed by atoms with van der Waals surface area (Å²) in [5.74, 6) is -1.56. The van der Waals surface area contributed by atoms with Crippen molar-refractivity contribution in [3.63, 3.8) is 0 Å². The van der Waals surface area contributed by atoms with Gasteiger partial charge in [0.25, 0.3) is 0 Å². The second-order valence-corrected chi connectivity index (χ2v) is 2.76. The average molecular weight is 191 g/mol. The molecule has 0 atom stereocenters. The van der Waals surface area contributed by atoms with Gasteiger partial charge in [-0.3, -0.25) is 19.3 Å². The molecule has 0 saturated carbocycles. The first kappa shape index (κ1) is 8.99. The molecular formula is C6H7ClN2O3. The Bertz CT molecular complexity index is 253. The van der Waals surface area contributed by atoms with E-state index in [-0.39, 0.29) is 6.54 Å². The number of carbonyl (C=O) groups is 3. The Morgan fingerprint density at radius 1 is 1.33 bits per heavy atom. The predicted molar refractivity (Wildman–Crippen MR) is 40.6 cm³/mol. The Morgan fingerprint density at radius 3 is 2.42 bits per heavy atom. The largest absolute Gasteiger partial charge is 0.336 e. The van der Waals surface area contributed by atoms with E-state index >= 15 is 0 Å². The number of likely N-dealkylation sites (N-methyl/N-ethyl adjacent to an activating group) is 1. The summed E-state index contributed by atoms with van der Waals surface area (Å²) in [6.07, 6.45) is 0. The van der Waals surface area contributed by atoms with Crippen molar-refractivity contribution in [3.8, 4) is 0 Å². The summed E-state index contributed by atoms with van der Waals surface area (Å²) in [6, 6.07) is 0. The molecule has 0 aromatic carbocycles. The van der Waals surface area contributed by atoms with E-state index in [1.807, 2.05) is 0 Å². The highest BCUT2D eigenvalue weighted by Gasteiger charge is 2.33. The van der Waals surface area contributed by atoms with Crippen LogP contribution in [0.15, 0.2) is 0 Å². The summed E-state index contributed by atoms with van der Waals surface area (Å²) in [4.78, 5) is 34.5. The summed E-state index contributed by atoms with van der Waals surface area (Å²) in [5.41, 5.74) is 0. The van der Waals surface area contributed by atoms with Crippen molar-refractivity contribution in [3.05, 3.63) is 0 Å². The molecule has 0 spiro atoms. The molecule has 1 saturated heterocycles. The van der Waals surface area contributed by atoms with Crippen molar-refractivity contribution in [1.82, 2.24) is 9.80 Å². The van der Waals surface area contributed by atoms with Crippen molar-refractivity contribution in [1.29, 1.82) is 0 Å². The van der Waals surface area contributed by atoms with Crippen LogP contribution in [0.25, 0.3) is 0 Å². The van der Waals surface area contributed by atoms with Gasteiger partial charge >= 0.3 is 17.2 Å². The Balaban J connectivity index is 2.79. The van der Waals surface area contributed by atoms with Gasteiger partial charge in [0.05, 0.1) is 0 Å². The van der Waals surface area contributed by atoms with E-state index in [1.54, 1.807) is 0 Å². The number of halogens is 1. The number of carbonyl (C=O) groups excluding carboxylic acids is 3. The van der Waals surface area contributed by atoms with Crippen LogP contribution in [-0.4, -0.2) is 47.1 Å². The average Bonchev–Trinajstić information content (AvgIpc) is 2.00. The van der Waals surface area contributed by atoms with Gasteiger partial charge in [0.2, 0.25) is 0 Å². The Morgan fingerprint density at radius 2 is 1.92 bits per heavy atom. The van der Waals surface area contributed by atoms with Crippen LogP contribution >= 0.6 is 11.6 Å². The maximum Gasteiger partial charge on any atom is 0.323 e. The number of rotatable bonds is 0. The van der Waals surface area contributed by atoms with E-state index in [1.165, 1.54) is 11.9 Å². The van der Waals surface area contributed by atoms with E-state index in [0.29, 0.717) is 6.54 Å². The molecule has 0 aliphatic carbocycles. The summed E-state index contributed by atoms with van der Waals surface area (Å²) in [7, 11) is 1.50. The van der Waals surface area contributed by atoms with Gasteiger partial charge < -0.3 is 4.90 Å². The highest BCUT2D eigenvalue weighted by Crippen LogP contribution is 2.05. The zero-order chi connectivity index (χ0) is 9.30. The third kappa shape index (κ3) is 1.40. The fourth-order valence-corrected chi connectivity index (χ4v) is 1.06. The summed E-state index contributed by atoms with van der Waals surface area (Å²) in [5, 5.41) is -0.901. The van der Waals surface area contributed by atoms with Gasteiger partial charge in [0, 0.05) is 20.1 Å². The minimum absolute atomic E-state index is 0.170. The van der Waals surface area contributed by atoms with Gasteiger partial charge in [-0.15, -0.1) is 0 Å². The zero-order valence-electron chi connectivity index (χ0n) is 6.41. The zero-order valence-corrected chi connectivity index (χ0v) is 7.17. The molecule has 1 aliphatic rings. The Kier molecular flexibility index (Phi) is 2.32. The molecule has 3 amide bonds. The molecule has 0 aromatic heterocycles. The molecule has 1 fully saturated rings. The summed E-state index contributed by atoms with van der Waals surface area (Å²) in [6.45, 7) is 0.506. The van der Waals surface area contributed by atoms with Crippen LogP contribution in [0.4, 0.5) is 4.79 Å². The van der Waals surface area contributed by atoms with Crippen LogP contribution in [0, 0.1) is 0 Å². The SMILES string of the molecule is CN1CCN(C(=O)Cl)C(=O)C1=O. The third-order valence-electron chi connectivity index (χ3n) is 1.65. The summed E-state index contributed by atoms with van der Waals surface area (Å²) < 4.78 is 0. The fourth-order valence-electron chi connectivity index (χ4n) is 0.900. The van der Waals surface area contributed by atoms with E-state index < -0.39 is 17.2 Å². The van der Waals surface area contributed by atoms with Gasteiger partial charge in [-0.1, -0.05) is 0 Å². The first-order valence-corrected chi connectivity index (χ1v) is 3.68. The molecule has 1 heterocycles. The summed E-state index contributed by atoms with van der Waals surface area (Å²) >= 11 is 5.06. The number of amides is 3. The van der Waals surface area contributed by atoms with E-state index in [9.17, 15) is 14.4 Å². The monoisotopic (exact) mass is 190 g/mol. The van der Waals surface area contributed by atoms with Crippen LogP contribution in [0.1, 0.15) is 0 Å². The van der Waals surface area contributed by atoms with Crippen LogP contribution < -0.4 is 0 Å². The lowest BCUT2D eigenvalue weighted by molar-refractivity contribution is -0.152. The molecule has 0 unspecified atom stereocenters. The molecular weight excluding hydrogens is 184 g/mol. The number of piperazine rings is 1. The standard InChI is InChI=1S/C6H7ClN2O3/c1-8-2-3-9(6(7)12)5(11)4(8)10/h2-3H2,1H3. The first-order valence-electron chi connectivity index (χ1n) is 3.30. The topological polar surface area (TPSA) is 57.7 Å². The van der Waals surface area contributed by atoms with Crippen molar-refractivity contribution in [2.24, 2.45) is 0 Å². The van der Waals surface area contributed by atoms with Crippen LogP contribution in [0.2, 0.25) is 0 Å². The van der Waals surface area contributed by atoms with Crippen LogP contribution in [-0.2, 0) is 9.59 Å². The molecule has 0 bridgehead atoms. The number of nitrogens with zero attached hydrogens (tertiary/aromatic N) is 2. The van der Waals surface area contributed by atoms with Crippen LogP contribution in [0.3, 0.4) is 0 Å². The molecule has 1 aliphatic heterocycles. The highest BCUT2D eigenvalue weighted by molar-refractivity contribution is 6.65. The van der Waals surface area contributed by atoms with Crippen LogP contribution in [0.5, 0.6) is 0 Å². The molecule has 5 nitrogen and oxygen atoms in total.